The standard InChI is InChI=1S/C54H42N2/c1-2-12-35(13-3-1)36-22-27-40(28-23-36)55-50-20-10-8-18-45(50)48-32-38(25-30-52(48)55)39-26-31-53-49(33-39)46-19-9-11-21-51(46)56(53)54-34-47-41-15-5-4-14-37(41)24-29-43(47)42-16-6-7-17-44(42)54/h1-2,4-8,10-12,14-18,20-34,37,41,43,47H,3,9,13,19H2. The molecule has 2 heterocycles. The van der Waals surface area contributed by atoms with Gasteiger partial charge in [0, 0.05) is 44.9 Å². The molecule has 12 rings (SSSR count). The lowest BCUT2D eigenvalue weighted by Gasteiger charge is -2.41. The number of para-hydroxylation sites is 1. The molecule has 0 aliphatic heterocycles. The Hall–Kier alpha value is -6.38. The summed E-state index contributed by atoms with van der Waals surface area (Å²) in [6, 6.07) is 41.5. The quantitative estimate of drug-likeness (QED) is 0.160. The van der Waals surface area contributed by atoms with Crippen molar-refractivity contribution in [3.63, 3.8) is 0 Å². The van der Waals surface area contributed by atoms with Gasteiger partial charge in [0.1, 0.15) is 0 Å². The number of benzene rings is 5. The molecule has 0 amide bonds. The smallest absolute Gasteiger partial charge is 0.0541 e. The molecule has 7 aromatic rings. The number of aromatic nitrogens is 2. The van der Waals surface area contributed by atoms with Crippen LogP contribution in [0.4, 0.5) is 0 Å². The third-order valence-corrected chi connectivity index (χ3v) is 13.3. The summed E-state index contributed by atoms with van der Waals surface area (Å²) in [7, 11) is 0. The van der Waals surface area contributed by atoms with E-state index in [1.54, 1.807) is 0 Å². The number of rotatable bonds is 4. The van der Waals surface area contributed by atoms with Gasteiger partial charge in [0.2, 0.25) is 0 Å². The van der Waals surface area contributed by atoms with Crippen molar-refractivity contribution < 1.29 is 0 Å². The first-order valence-corrected chi connectivity index (χ1v) is 20.5. The molecular weight excluding hydrogens is 677 g/mol. The molecule has 0 spiro atoms. The second kappa shape index (κ2) is 12.6. The zero-order chi connectivity index (χ0) is 36.7. The van der Waals surface area contributed by atoms with E-state index in [2.05, 4.69) is 191 Å². The summed E-state index contributed by atoms with van der Waals surface area (Å²) >= 11 is 0. The number of aryl methyl sites for hydroxylation is 1. The van der Waals surface area contributed by atoms with Gasteiger partial charge in [-0.15, -0.1) is 0 Å². The Kier molecular flexibility index (Phi) is 7.17. The minimum absolute atomic E-state index is 0.393. The first-order chi connectivity index (χ1) is 27.8. The topological polar surface area (TPSA) is 9.86 Å². The second-order valence-electron chi connectivity index (χ2n) is 16.2. The van der Waals surface area contributed by atoms with Crippen LogP contribution in [-0.2, 0) is 6.42 Å². The van der Waals surface area contributed by atoms with Crippen molar-refractivity contribution in [3.8, 4) is 16.8 Å². The summed E-state index contributed by atoms with van der Waals surface area (Å²) in [6.07, 6.45) is 32.6. The maximum atomic E-state index is 2.62. The molecule has 56 heavy (non-hydrogen) atoms. The highest BCUT2D eigenvalue weighted by Gasteiger charge is 2.39. The first kappa shape index (κ1) is 31.9. The lowest BCUT2D eigenvalue weighted by atomic mass is 9.64. The van der Waals surface area contributed by atoms with E-state index < -0.39 is 0 Å². The average molecular weight is 719 g/mol. The first-order valence-electron chi connectivity index (χ1n) is 20.5. The molecule has 2 nitrogen and oxygen atoms in total. The molecule has 2 heteroatoms. The van der Waals surface area contributed by atoms with E-state index in [0.29, 0.717) is 23.7 Å². The Balaban J connectivity index is 0.988. The summed E-state index contributed by atoms with van der Waals surface area (Å²) in [5.41, 5.74) is 17.2. The summed E-state index contributed by atoms with van der Waals surface area (Å²) in [5, 5.41) is 3.94. The van der Waals surface area contributed by atoms with Crippen LogP contribution in [-0.4, -0.2) is 9.13 Å². The van der Waals surface area contributed by atoms with E-state index in [-0.39, 0.29) is 0 Å². The summed E-state index contributed by atoms with van der Waals surface area (Å²) < 4.78 is 5.03. The Morgan fingerprint density at radius 3 is 2.16 bits per heavy atom. The highest BCUT2D eigenvalue weighted by molar-refractivity contribution is 6.10. The van der Waals surface area contributed by atoms with Crippen LogP contribution in [0.1, 0.15) is 53.1 Å². The van der Waals surface area contributed by atoms with Gasteiger partial charge >= 0.3 is 0 Å². The SMILES string of the molecule is C1=CCCC(c2ccc(-n3c4ccccc4c4cc(-c5ccc6c(c5)c5c(n6C6=CC7C(C=CC8C=CC=CC87)c7ccccc76)C=CCC5)ccc43)cc2)=C1. The van der Waals surface area contributed by atoms with Crippen molar-refractivity contribution in [3.05, 3.63) is 204 Å². The van der Waals surface area contributed by atoms with Crippen LogP contribution in [0, 0.1) is 17.8 Å². The number of nitrogens with zero attached hydrogens (tertiary/aromatic N) is 2. The fourth-order valence-corrected chi connectivity index (χ4v) is 10.6. The predicted molar refractivity (Wildman–Crippen MR) is 236 cm³/mol. The maximum Gasteiger partial charge on any atom is 0.0541 e. The van der Waals surface area contributed by atoms with E-state index in [1.165, 1.54) is 88.7 Å². The van der Waals surface area contributed by atoms with E-state index in [4.69, 9.17) is 0 Å². The van der Waals surface area contributed by atoms with Crippen molar-refractivity contribution in [2.24, 2.45) is 17.8 Å². The van der Waals surface area contributed by atoms with Gasteiger partial charge in [0.25, 0.3) is 0 Å². The summed E-state index contributed by atoms with van der Waals surface area (Å²) in [6.45, 7) is 0. The molecule has 4 atom stereocenters. The van der Waals surface area contributed by atoms with E-state index in [1.807, 2.05) is 0 Å². The van der Waals surface area contributed by atoms with E-state index in [9.17, 15) is 0 Å². The fraction of sp³-hybridized carbons (Fsp3) is 0.148. The third kappa shape index (κ3) is 4.81. The molecule has 0 radical (unpaired) electrons. The van der Waals surface area contributed by atoms with Crippen molar-refractivity contribution in [2.75, 3.05) is 0 Å². The van der Waals surface area contributed by atoms with Gasteiger partial charge in [-0.1, -0.05) is 134 Å². The van der Waals surface area contributed by atoms with E-state index >= 15 is 0 Å². The predicted octanol–water partition coefficient (Wildman–Crippen LogP) is 13.6. The minimum atomic E-state index is 0.393. The van der Waals surface area contributed by atoms with Crippen molar-refractivity contribution >= 4 is 50.1 Å². The van der Waals surface area contributed by atoms with Crippen LogP contribution in [0.2, 0.25) is 0 Å². The van der Waals surface area contributed by atoms with Gasteiger partial charge in [0.05, 0.1) is 22.2 Å². The summed E-state index contributed by atoms with van der Waals surface area (Å²) in [5.74, 6) is 1.73. The molecular formula is C54H42N2. The lowest BCUT2D eigenvalue weighted by molar-refractivity contribution is 0.362. The molecule has 0 fully saturated rings. The van der Waals surface area contributed by atoms with Crippen LogP contribution >= 0.6 is 0 Å². The van der Waals surface area contributed by atoms with Crippen LogP contribution in [0.5, 0.6) is 0 Å². The second-order valence-corrected chi connectivity index (χ2v) is 16.2. The highest BCUT2D eigenvalue weighted by atomic mass is 15.0. The van der Waals surface area contributed by atoms with Crippen LogP contribution in [0.25, 0.3) is 66.9 Å². The normalized spacial score (nSPS) is 21.9. The minimum Gasteiger partial charge on any atom is -0.309 e. The fourth-order valence-electron chi connectivity index (χ4n) is 10.6. The molecule has 268 valence electrons. The molecule has 5 aliphatic carbocycles. The van der Waals surface area contributed by atoms with Gasteiger partial charge in [-0.05, 0) is 119 Å². The van der Waals surface area contributed by atoms with E-state index in [0.717, 1.165) is 25.7 Å². The molecule has 5 aromatic carbocycles. The van der Waals surface area contributed by atoms with Crippen molar-refractivity contribution in [1.29, 1.82) is 0 Å². The average Bonchev–Trinajstić information content (AvgIpc) is 3.78. The molecule has 2 aromatic heterocycles. The van der Waals surface area contributed by atoms with Gasteiger partial charge < -0.3 is 9.13 Å². The molecule has 4 unspecified atom stereocenters. The highest BCUT2D eigenvalue weighted by Crippen LogP contribution is 2.50. The monoisotopic (exact) mass is 718 g/mol. The zero-order valence-corrected chi connectivity index (χ0v) is 31.4. The van der Waals surface area contributed by atoms with Crippen molar-refractivity contribution in [1.82, 2.24) is 9.13 Å². The molecule has 5 aliphatic rings. The van der Waals surface area contributed by atoms with Crippen LogP contribution in [0.15, 0.2) is 176 Å². The number of hydrogen-bond acceptors (Lipinski definition) is 0. The molecule has 0 N–H and O–H groups in total. The van der Waals surface area contributed by atoms with Crippen LogP contribution < -0.4 is 0 Å². The number of allylic oxidation sites excluding steroid dienone is 12. The molecule has 0 saturated heterocycles. The zero-order valence-electron chi connectivity index (χ0n) is 31.4. The van der Waals surface area contributed by atoms with Crippen LogP contribution in [0.3, 0.4) is 0 Å². The van der Waals surface area contributed by atoms with Gasteiger partial charge in [-0.3, -0.25) is 0 Å². The largest absolute Gasteiger partial charge is 0.309 e. The van der Waals surface area contributed by atoms with Gasteiger partial charge in [-0.2, -0.15) is 0 Å². The number of hydrogen-bond donors (Lipinski definition) is 0. The Morgan fingerprint density at radius 1 is 0.536 bits per heavy atom. The lowest BCUT2D eigenvalue weighted by Crippen LogP contribution is -2.31. The Labute approximate surface area is 328 Å². The Bertz CT molecular complexity index is 2980. The van der Waals surface area contributed by atoms with Gasteiger partial charge in [0.15, 0.2) is 0 Å². The molecule has 0 bridgehead atoms. The Morgan fingerprint density at radius 2 is 1.29 bits per heavy atom. The summed E-state index contributed by atoms with van der Waals surface area (Å²) in [4.78, 5) is 0. The third-order valence-electron chi connectivity index (χ3n) is 13.3. The molecule has 0 saturated carbocycles. The number of fused-ring (bicyclic) bond motifs is 11. The van der Waals surface area contributed by atoms with Gasteiger partial charge in [-0.25, -0.2) is 0 Å². The maximum absolute atomic E-state index is 2.62. The van der Waals surface area contributed by atoms with Crippen molar-refractivity contribution in [2.45, 2.75) is 31.6 Å².